The third kappa shape index (κ3) is 6.97. The molecular weight excluding hydrogens is 387 g/mol. The summed E-state index contributed by atoms with van der Waals surface area (Å²) in [7, 11) is 5.78. The van der Waals surface area contributed by atoms with Crippen molar-refractivity contribution in [2.75, 3.05) is 66.5 Å². The minimum absolute atomic E-state index is 0.786. The number of benzene rings is 2. The summed E-state index contributed by atoms with van der Waals surface area (Å²) >= 11 is 0. The van der Waals surface area contributed by atoms with Crippen molar-refractivity contribution in [2.45, 2.75) is 13.1 Å². The van der Waals surface area contributed by atoms with Crippen LogP contribution in [-0.4, -0.2) is 93.7 Å². The monoisotopic (exact) mass is 421 g/mol. The second-order valence-corrected chi connectivity index (χ2v) is 8.78. The SMILES string of the molecule is CN1CCN(Cc2ccc(O[B]Oc3ccc(CN4CCN(C)CC4)cc3)cc2)CC1. The lowest BCUT2D eigenvalue weighted by Gasteiger charge is -2.32. The van der Waals surface area contributed by atoms with Gasteiger partial charge in [0.05, 0.1) is 0 Å². The molecule has 2 aliphatic heterocycles. The Labute approximate surface area is 187 Å². The highest BCUT2D eigenvalue weighted by Gasteiger charge is 2.15. The highest BCUT2D eigenvalue weighted by molar-refractivity contribution is 6.20. The van der Waals surface area contributed by atoms with Crippen LogP contribution in [0.3, 0.4) is 0 Å². The first kappa shape index (κ1) is 22.2. The molecule has 6 nitrogen and oxygen atoms in total. The molecule has 0 amide bonds. The van der Waals surface area contributed by atoms with Crippen LogP contribution in [0.1, 0.15) is 11.1 Å². The third-order valence-corrected chi connectivity index (χ3v) is 6.22. The Hall–Kier alpha value is -2.06. The fraction of sp³-hybridized carbons (Fsp3) is 0.500. The molecular formula is C24H34BN4O2. The van der Waals surface area contributed by atoms with Crippen LogP contribution in [0.4, 0.5) is 0 Å². The first-order valence-electron chi connectivity index (χ1n) is 11.3. The molecule has 1 radical (unpaired) electrons. The molecule has 0 N–H and O–H groups in total. The van der Waals surface area contributed by atoms with Gasteiger partial charge in [-0.15, -0.1) is 0 Å². The molecule has 0 aromatic heterocycles. The first-order chi connectivity index (χ1) is 15.1. The molecule has 0 unspecified atom stereocenters. The number of hydrogen-bond acceptors (Lipinski definition) is 6. The molecule has 0 atom stereocenters. The molecule has 2 fully saturated rings. The predicted octanol–water partition coefficient (Wildman–Crippen LogP) is 2.17. The van der Waals surface area contributed by atoms with Crippen LogP contribution < -0.4 is 9.31 Å². The van der Waals surface area contributed by atoms with Crippen molar-refractivity contribution in [2.24, 2.45) is 0 Å². The summed E-state index contributed by atoms with van der Waals surface area (Å²) in [5.41, 5.74) is 2.63. The normalized spacial score (nSPS) is 19.3. The van der Waals surface area contributed by atoms with Crippen LogP contribution in [0, 0.1) is 0 Å². The Balaban J connectivity index is 1.17. The minimum Gasteiger partial charge on any atom is -0.526 e. The van der Waals surface area contributed by atoms with Crippen molar-refractivity contribution < 1.29 is 9.31 Å². The summed E-state index contributed by atoms with van der Waals surface area (Å²) in [6.45, 7) is 11.1. The van der Waals surface area contributed by atoms with Gasteiger partial charge in [0.1, 0.15) is 11.5 Å². The molecule has 0 saturated carbocycles. The Morgan fingerprint density at radius 1 is 0.581 bits per heavy atom. The lowest BCUT2D eigenvalue weighted by Crippen LogP contribution is -2.43. The fourth-order valence-electron chi connectivity index (χ4n) is 4.01. The van der Waals surface area contributed by atoms with Gasteiger partial charge in [0, 0.05) is 65.4 Å². The van der Waals surface area contributed by atoms with Crippen LogP contribution in [0.15, 0.2) is 48.5 Å². The molecule has 0 bridgehead atoms. The predicted molar refractivity (Wildman–Crippen MR) is 125 cm³/mol. The number of likely N-dealkylation sites (N-methyl/N-ethyl adjacent to an activating group) is 2. The maximum Gasteiger partial charge on any atom is 0.658 e. The van der Waals surface area contributed by atoms with E-state index in [-0.39, 0.29) is 0 Å². The van der Waals surface area contributed by atoms with E-state index in [4.69, 9.17) is 9.31 Å². The van der Waals surface area contributed by atoms with Crippen LogP contribution in [-0.2, 0) is 13.1 Å². The van der Waals surface area contributed by atoms with Crippen LogP contribution in [0.5, 0.6) is 11.5 Å². The maximum atomic E-state index is 5.65. The lowest BCUT2D eigenvalue weighted by atomic mass is 10.1. The van der Waals surface area contributed by atoms with Crippen LogP contribution >= 0.6 is 0 Å². The summed E-state index contributed by atoms with van der Waals surface area (Å²) in [5.74, 6) is 1.57. The maximum absolute atomic E-state index is 5.65. The zero-order valence-electron chi connectivity index (χ0n) is 18.9. The average molecular weight is 421 g/mol. The Kier molecular flexibility index (Phi) is 7.86. The van der Waals surface area contributed by atoms with E-state index in [1.807, 2.05) is 24.3 Å². The Morgan fingerprint density at radius 3 is 1.29 bits per heavy atom. The fourth-order valence-corrected chi connectivity index (χ4v) is 4.01. The van der Waals surface area contributed by atoms with Gasteiger partial charge in [-0.3, -0.25) is 9.80 Å². The molecule has 31 heavy (non-hydrogen) atoms. The summed E-state index contributed by atoms with van der Waals surface area (Å²) in [5, 5.41) is 0. The van der Waals surface area contributed by atoms with Crippen LogP contribution in [0.2, 0.25) is 0 Å². The van der Waals surface area contributed by atoms with Crippen molar-refractivity contribution in [1.82, 2.24) is 19.6 Å². The molecule has 2 heterocycles. The van der Waals surface area contributed by atoms with Gasteiger partial charge in [-0.1, -0.05) is 24.3 Å². The number of piperazine rings is 2. The highest BCUT2D eigenvalue weighted by atomic mass is 16.6. The van der Waals surface area contributed by atoms with Gasteiger partial charge in [0.2, 0.25) is 0 Å². The van der Waals surface area contributed by atoms with Gasteiger partial charge in [0.15, 0.2) is 0 Å². The van der Waals surface area contributed by atoms with Crippen molar-refractivity contribution in [1.29, 1.82) is 0 Å². The summed E-state index contributed by atoms with van der Waals surface area (Å²) in [6.07, 6.45) is 0. The van der Waals surface area contributed by atoms with E-state index >= 15 is 0 Å². The average Bonchev–Trinajstić information content (AvgIpc) is 2.79. The zero-order chi connectivity index (χ0) is 21.5. The molecule has 165 valence electrons. The largest absolute Gasteiger partial charge is 0.658 e. The molecule has 0 aliphatic carbocycles. The molecule has 0 spiro atoms. The lowest BCUT2D eigenvalue weighted by molar-refractivity contribution is 0.148. The standard InChI is InChI=1S/C24H34BN4O2/c1-26-11-15-28(16-12-26)19-21-3-7-23(8-4-21)30-25-31-24-9-5-22(6-10-24)20-29-17-13-27(2)14-18-29/h3-10H,11-20H2,1-2H3. The smallest absolute Gasteiger partial charge is 0.526 e. The molecule has 2 saturated heterocycles. The van der Waals surface area contributed by atoms with E-state index in [0.29, 0.717) is 0 Å². The van der Waals surface area contributed by atoms with E-state index in [1.54, 1.807) is 0 Å². The summed E-state index contributed by atoms with van der Waals surface area (Å²) < 4.78 is 11.3. The Bertz CT molecular complexity index is 719. The topological polar surface area (TPSA) is 31.4 Å². The molecule has 7 heteroatoms. The highest BCUT2D eigenvalue weighted by Crippen LogP contribution is 2.17. The zero-order valence-corrected chi connectivity index (χ0v) is 18.9. The number of hydrogen-bond donors (Lipinski definition) is 0. The minimum atomic E-state index is 0.786. The Morgan fingerprint density at radius 2 is 0.935 bits per heavy atom. The van der Waals surface area contributed by atoms with E-state index in [1.165, 1.54) is 18.8 Å². The second-order valence-electron chi connectivity index (χ2n) is 8.78. The first-order valence-corrected chi connectivity index (χ1v) is 11.3. The van der Waals surface area contributed by atoms with Gasteiger partial charge >= 0.3 is 7.69 Å². The van der Waals surface area contributed by atoms with E-state index < -0.39 is 0 Å². The van der Waals surface area contributed by atoms with Gasteiger partial charge in [-0.05, 0) is 49.5 Å². The van der Waals surface area contributed by atoms with Crippen LogP contribution in [0.25, 0.3) is 0 Å². The number of rotatable bonds is 8. The van der Waals surface area contributed by atoms with Crippen molar-refractivity contribution in [3.8, 4) is 11.5 Å². The van der Waals surface area contributed by atoms with Crippen molar-refractivity contribution in [3.05, 3.63) is 59.7 Å². The van der Waals surface area contributed by atoms with Gasteiger partial charge in [0.25, 0.3) is 0 Å². The molecule has 4 rings (SSSR count). The molecule has 2 aromatic carbocycles. The van der Waals surface area contributed by atoms with Gasteiger partial charge < -0.3 is 19.1 Å². The van der Waals surface area contributed by atoms with Gasteiger partial charge in [-0.25, -0.2) is 0 Å². The number of nitrogens with zero attached hydrogens (tertiary/aromatic N) is 4. The van der Waals surface area contributed by atoms with Crippen molar-refractivity contribution in [3.63, 3.8) is 0 Å². The van der Waals surface area contributed by atoms with Gasteiger partial charge in [-0.2, -0.15) is 0 Å². The summed E-state index contributed by atoms with van der Waals surface area (Å²) in [6, 6.07) is 16.6. The van der Waals surface area contributed by atoms with E-state index in [0.717, 1.165) is 76.9 Å². The molecule has 2 aliphatic rings. The van der Waals surface area contributed by atoms with Crippen molar-refractivity contribution >= 4 is 7.69 Å². The summed E-state index contributed by atoms with van der Waals surface area (Å²) in [4.78, 5) is 9.76. The van der Waals surface area contributed by atoms with E-state index in [2.05, 4.69) is 58.0 Å². The quantitative estimate of drug-likeness (QED) is 0.608. The second kappa shape index (κ2) is 11.0. The molecule has 2 aromatic rings. The third-order valence-electron chi connectivity index (χ3n) is 6.22. The van der Waals surface area contributed by atoms with E-state index in [9.17, 15) is 0 Å².